The van der Waals surface area contributed by atoms with Crippen LogP contribution in [0.25, 0.3) is 0 Å². The first-order valence-electron chi connectivity index (χ1n) is 4.96. The third kappa shape index (κ3) is 2.61. The van der Waals surface area contributed by atoms with Gasteiger partial charge in [0.25, 0.3) is 0 Å². The lowest BCUT2D eigenvalue weighted by molar-refractivity contribution is 0.985. The van der Waals surface area contributed by atoms with E-state index in [-0.39, 0.29) is 0 Å². The van der Waals surface area contributed by atoms with Crippen LogP contribution in [-0.2, 0) is 0 Å². The Balaban J connectivity index is 2.31. The Hall–Kier alpha value is -2.46. The standard InChI is InChI=1S/C11H10N6S/c12-5-6-1-2-8(7(13)3-6)18-11-16-9(14)4-10(15)17-11/h1-4H,13H2,(H4,14,15,16,17). The maximum atomic E-state index is 8.75. The third-order valence-corrected chi connectivity index (χ3v) is 3.04. The summed E-state index contributed by atoms with van der Waals surface area (Å²) in [6, 6.07) is 8.50. The molecule has 1 heterocycles. The highest BCUT2D eigenvalue weighted by Gasteiger charge is 2.07. The number of nitrogens with two attached hydrogens (primary N) is 3. The number of rotatable bonds is 2. The van der Waals surface area contributed by atoms with Gasteiger partial charge in [0.05, 0.1) is 11.6 Å². The first kappa shape index (κ1) is 12.0. The minimum atomic E-state index is 0.303. The molecule has 0 aliphatic rings. The van der Waals surface area contributed by atoms with E-state index < -0.39 is 0 Å². The van der Waals surface area contributed by atoms with Gasteiger partial charge in [-0.2, -0.15) is 5.26 Å². The van der Waals surface area contributed by atoms with E-state index in [4.69, 9.17) is 22.5 Å². The summed E-state index contributed by atoms with van der Waals surface area (Å²) >= 11 is 1.25. The molecule has 0 saturated heterocycles. The largest absolute Gasteiger partial charge is 0.398 e. The smallest absolute Gasteiger partial charge is 0.196 e. The molecule has 7 heteroatoms. The van der Waals surface area contributed by atoms with Gasteiger partial charge in [-0.3, -0.25) is 0 Å². The molecule has 0 aliphatic heterocycles. The number of anilines is 3. The van der Waals surface area contributed by atoms with Crippen molar-refractivity contribution >= 4 is 29.1 Å². The van der Waals surface area contributed by atoms with E-state index in [9.17, 15) is 0 Å². The van der Waals surface area contributed by atoms with Crippen molar-refractivity contribution < 1.29 is 0 Å². The van der Waals surface area contributed by atoms with Gasteiger partial charge in [0.15, 0.2) is 5.16 Å². The van der Waals surface area contributed by atoms with Crippen LogP contribution in [0.15, 0.2) is 34.3 Å². The molecule has 2 aromatic rings. The highest BCUT2D eigenvalue weighted by Crippen LogP contribution is 2.31. The highest BCUT2D eigenvalue weighted by molar-refractivity contribution is 7.99. The van der Waals surface area contributed by atoms with E-state index >= 15 is 0 Å². The van der Waals surface area contributed by atoms with Crippen molar-refractivity contribution in [3.05, 3.63) is 29.8 Å². The fourth-order valence-corrected chi connectivity index (χ4v) is 2.13. The molecular weight excluding hydrogens is 248 g/mol. The third-order valence-electron chi connectivity index (χ3n) is 2.09. The van der Waals surface area contributed by atoms with Crippen LogP contribution in [0, 0.1) is 11.3 Å². The molecule has 0 spiro atoms. The van der Waals surface area contributed by atoms with Crippen molar-refractivity contribution in [2.45, 2.75) is 10.1 Å². The summed E-state index contributed by atoms with van der Waals surface area (Å²) in [5.41, 5.74) is 18.0. The van der Waals surface area contributed by atoms with Gasteiger partial charge in [0, 0.05) is 16.6 Å². The van der Waals surface area contributed by atoms with Crippen molar-refractivity contribution in [1.29, 1.82) is 5.26 Å². The number of hydrogen-bond acceptors (Lipinski definition) is 7. The van der Waals surface area contributed by atoms with Crippen LogP contribution in [0.1, 0.15) is 5.56 Å². The molecule has 6 nitrogen and oxygen atoms in total. The molecule has 0 bridgehead atoms. The van der Waals surface area contributed by atoms with Crippen LogP contribution < -0.4 is 17.2 Å². The molecule has 1 aromatic carbocycles. The molecule has 0 fully saturated rings. The first-order chi connectivity index (χ1) is 8.58. The monoisotopic (exact) mass is 258 g/mol. The van der Waals surface area contributed by atoms with Gasteiger partial charge < -0.3 is 17.2 Å². The number of nitriles is 1. The minimum absolute atomic E-state index is 0.303. The Morgan fingerprint density at radius 2 is 1.72 bits per heavy atom. The van der Waals surface area contributed by atoms with Crippen molar-refractivity contribution in [1.82, 2.24) is 9.97 Å². The van der Waals surface area contributed by atoms with Gasteiger partial charge in [0.2, 0.25) is 0 Å². The van der Waals surface area contributed by atoms with Crippen LogP contribution in [-0.4, -0.2) is 9.97 Å². The summed E-state index contributed by atoms with van der Waals surface area (Å²) in [6.07, 6.45) is 0. The van der Waals surface area contributed by atoms with E-state index in [1.165, 1.54) is 17.8 Å². The zero-order chi connectivity index (χ0) is 13.1. The summed E-state index contributed by atoms with van der Waals surface area (Å²) in [4.78, 5) is 8.83. The molecule has 6 N–H and O–H groups in total. The molecule has 0 amide bonds. The lowest BCUT2D eigenvalue weighted by Gasteiger charge is -2.05. The Morgan fingerprint density at radius 3 is 2.28 bits per heavy atom. The number of hydrogen-bond donors (Lipinski definition) is 3. The molecule has 1 aromatic heterocycles. The van der Waals surface area contributed by atoms with E-state index in [1.807, 2.05) is 6.07 Å². The Kier molecular flexibility index (Phi) is 3.21. The van der Waals surface area contributed by atoms with Gasteiger partial charge in [-0.25, -0.2) is 9.97 Å². The molecule has 90 valence electrons. The van der Waals surface area contributed by atoms with E-state index in [1.54, 1.807) is 18.2 Å². The van der Waals surface area contributed by atoms with E-state index in [0.29, 0.717) is 28.0 Å². The number of nitrogen functional groups attached to an aromatic ring is 3. The summed E-state index contributed by atoms with van der Waals surface area (Å²) < 4.78 is 0. The fraction of sp³-hybridized carbons (Fsp3) is 0. The van der Waals surface area contributed by atoms with Gasteiger partial charge in [-0.05, 0) is 30.0 Å². The normalized spacial score (nSPS) is 9.94. The van der Waals surface area contributed by atoms with Crippen molar-refractivity contribution in [2.75, 3.05) is 17.2 Å². The first-order valence-corrected chi connectivity index (χ1v) is 5.77. The van der Waals surface area contributed by atoms with Gasteiger partial charge >= 0.3 is 0 Å². The van der Waals surface area contributed by atoms with Crippen LogP contribution in [0.5, 0.6) is 0 Å². The van der Waals surface area contributed by atoms with Crippen LogP contribution in [0.2, 0.25) is 0 Å². The maximum absolute atomic E-state index is 8.75. The molecule has 0 unspecified atom stereocenters. The Bertz CT molecular complexity index is 614. The second kappa shape index (κ2) is 4.81. The van der Waals surface area contributed by atoms with Crippen LogP contribution >= 0.6 is 11.8 Å². The zero-order valence-corrected chi connectivity index (χ0v) is 10.1. The highest BCUT2D eigenvalue weighted by atomic mass is 32.2. The SMILES string of the molecule is N#Cc1ccc(Sc2nc(N)cc(N)n2)c(N)c1. The molecule has 0 aliphatic carbocycles. The number of aromatic nitrogens is 2. The predicted molar refractivity (Wildman–Crippen MR) is 70.5 cm³/mol. The second-order valence-electron chi connectivity index (χ2n) is 3.47. The molecular formula is C11H10N6S. The maximum Gasteiger partial charge on any atom is 0.196 e. The summed E-state index contributed by atoms with van der Waals surface area (Å²) in [5, 5.41) is 9.17. The number of benzene rings is 1. The molecule has 0 saturated carbocycles. The van der Waals surface area contributed by atoms with Crippen molar-refractivity contribution in [3.63, 3.8) is 0 Å². The van der Waals surface area contributed by atoms with E-state index in [2.05, 4.69) is 9.97 Å². The average molecular weight is 258 g/mol. The van der Waals surface area contributed by atoms with Crippen LogP contribution in [0.4, 0.5) is 17.3 Å². The van der Waals surface area contributed by atoms with E-state index in [0.717, 1.165) is 4.90 Å². The topological polar surface area (TPSA) is 128 Å². The quantitative estimate of drug-likeness (QED) is 0.546. The predicted octanol–water partition coefficient (Wildman–Crippen LogP) is 1.25. The average Bonchev–Trinajstić information content (AvgIpc) is 2.30. The fourth-order valence-electron chi connectivity index (χ4n) is 1.32. The second-order valence-corrected chi connectivity index (χ2v) is 4.48. The van der Waals surface area contributed by atoms with Crippen LogP contribution in [0.3, 0.4) is 0 Å². The number of nitrogens with zero attached hydrogens (tertiary/aromatic N) is 3. The zero-order valence-electron chi connectivity index (χ0n) is 9.29. The van der Waals surface area contributed by atoms with Crippen molar-refractivity contribution in [3.8, 4) is 6.07 Å². The molecule has 18 heavy (non-hydrogen) atoms. The summed E-state index contributed by atoms with van der Waals surface area (Å²) in [5.74, 6) is 0.606. The van der Waals surface area contributed by atoms with Gasteiger partial charge in [0.1, 0.15) is 11.6 Å². The van der Waals surface area contributed by atoms with Gasteiger partial charge in [-0.1, -0.05) is 0 Å². The summed E-state index contributed by atoms with van der Waals surface area (Å²) in [7, 11) is 0. The molecule has 0 atom stereocenters. The lowest BCUT2D eigenvalue weighted by atomic mass is 10.2. The molecule has 2 rings (SSSR count). The molecule has 0 radical (unpaired) electrons. The minimum Gasteiger partial charge on any atom is -0.398 e. The van der Waals surface area contributed by atoms with Gasteiger partial charge in [-0.15, -0.1) is 0 Å². The Labute approximate surface area is 108 Å². The van der Waals surface area contributed by atoms with Crippen molar-refractivity contribution in [2.24, 2.45) is 0 Å². The Morgan fingerprint density at radius 1 is 1.06 bits per heavy atom. The lowest BCUT2D eigenvalue weighted by Crippen LogP contribution is -1.99. The summed E-state index contributed by atoms with van der Waals surface area (Å²) in [6.45, 7) is 0.